The highest BCUT2D eigenvalue weighted by atomic mass is 79.9. The molecule has 3 rings (SSSR count). The summed E-state index contributed by atoms with van der Waals surface area (Å²) in [7, 11) is 0. The molecule has 0 fully saturated rings. The molecular weight excluding hydrogens is 352 g/mol. The van der Waals surface area contributed by atoms with Gasteiger partial charge in [0.1, 0.15) is 11.4 Å². The van der Waals surface area contributed by atoms with Crippen molar-refractivity contribution in [1.29, 1.82) is 0 Å². The van der Waals surface area contributed by atoms with Crippen LogP contribution in [0, 0.1) is 0 Å². The van der Waals surface area contributed by atoms with E-state index < -0.39 is 5.97 Å². The summed E-state index contributed by atoms with van der Waals surface area (Å²) in [5.41, 5.74) is 2.57. The first kappa shape index (κ1) is 14.5. The van der Waals surface area contributed by atoms with Crippen molar-refractivity contribution in [3.63, 3.8) is 0 Å². The second-order valence-corrected chi connectivity index (χ2v) is 6.81. The molecule has 0 aliphatic heterocycles. The van der Waals surface area contributed by atoms with Crippen LogP contribution in [0.15, 0.2) is 38.9 Å². The summed E-state index contributed by atoms with van der Waals surface area (Å²) < 4.78 is 0.859. The molecule has 0 saturated heterocycles. The molecule has 1 aromatic heterocycles. The Bertz CT molecular complexity index is 706. The predicted molar refractivity (Wildman–Crippen MR) is 83.9 cm³/mol. The summed E-state index contributed by atoms with van der Waals surface area (Å²) in [5.74, 6) is -0.923. The van der Waals surface area contributed by atoms with E-state index in [0.29, 0.717) is 10.5 Å². The first-order valence-electron chi connectivity index (χ1n) is 6.68. The van der Waals surface area contributed by atoms with Gasteiger partial charge in [0.05, 0.1) is 5.56 Å². The van der Waals surface area contributed by atoms with E-state index in [-0.39, 0.29) is 0 Å². The zero-order valence-corrected chi connectivity index (χ0v) is 13.6. The molecule has 1 aliphatic carbocycles. The number of carboxylic acid groups (broad SMARTS) is 1. The maximum Gasteiger partial charge on any atom is 0.336 e. The van der Waals surface area contributed by atoms with Crippen LogP contribution in [-0.4, -0.2) is 21.0 Å². The van der Waals surface area contributed by atoms with Crippen LogP contribution in [0.1, 0.15) is 34.5 Å². The Labute approximate surface area is 135 Å². The Hall–Kier alpha value is -1.40. The van der Waals surface area contributed by atoms with Crippen LogP contribution in [0.2, 0.25) is 0 Å². The number of rotatable bonds is 3. The first-order chi connectivity index (χ1) is 10.1. The van der Waals surface area contributed by atoms with Crippen molar-refractivity contribution in [3.8, 4) is 0 Å². The minimum absolute atomic E-state index is 0.298. The fourth-order valence-electron chi connectivity index (χ4n) is 2.44. The number of carboxylic acids is 1. The minimum Gasteiger partial charge on any atom is -0.478 e. The molecule has 1 aromatic carbocycles. The van der Waals surface area contributed by atoms with Crippen molar-refractivity contribution < 1.29 is 9.90 Å². The Morgan fingerprint density at radius 3 is 2.86 bits per heavy atom. The number of aryl methyl sites for hydroxylation is 1. The highest BCUT2D eigenvalue weighted by Gasteiger charge is 2.18. The molecule has 2 aromatic rings. The lowest BCUT2D eigenvalue weighted by molar-refractivity contribution is 0.0693. The summed E-state index contributed by atoms with van der Waals surface area (Å²) >= 11 is 4.80. The minimum atomic E-state index is -0.923. The van der Waals surface area contributed by atoms with Gasteiger partial charge in [0.2, 0.25) is 0 Å². The lowest BCUT2D eigenvalue weighted by atomic mass is 9.98. The van der Waals surface area contributed by atoms with Gasteiger partial charge in [0.15, 0.2) is 0 Å². The van der Waals surface area contributed by atoms with Gasteiger partial charge >= 0.3 is 5.97 Å². The van der Waals surface area contributed by atoms with Crippen LogP contribution in [0.4, 0.5) is 0 Å². The molecule has 0 amide bonds. The number of aromatic nitrogens is 2. The van der Waals surface area contributed by atoms with Gasteiger partial charge < -0.3 is 5.11 Å². The normalized spacial score (nSPS) is 13.8. The molecule has 108 valence electrons. The second kappa shape index (κ2) is 6.15. The van der Waals surface area contributed by atoms with E-state index in [1.165, 1.54) is 17.3 Å². The van der Waals surface area contributed by atoms with Crippen LogP contribution in [0.5, 0.6) is 0 Å². The third-order valence-electron chi connectivity index (χ3n) is 3.47. The van der Waals surface area contributed by atoms with Gasteiger partial charge in [-0.3, -0.25) is 0 Å². The molecule has 0 unspecified atom stereocenters. The van der Waals surface area contributed by atoms with Crippen LogP contribution in [0.3, 0.4) is 0 Å². The quantitative estimate of drug-likeness (QED) is 0.834. The summed E-state index contributed by atoms with van der Waals surface area (Å²) in [6.45, 7) is 0. The summed E-state index contributed by atoms with van der Waals surface area (Å²) in [5, 5.41) is 10.2. The smallest absolute Gasteiger partial charge is 0.336 e. The Balaban J connectivity index is 2.01. The standard InChI is InChI=1S/C15H13BrN2O2S/c16-9-5-6-11(15(19)20)13(7-9)21-14-10-3-1-2-4-12(10)17-8-18-14/h5-8H,1-4H2,(H,19,20). The molecule has 6 heteroatoms. The van der Waals surface area contributed by atoms with Crippen LogP contribution >= 0.6 is 27.7 Å². The number of carbonyl (C=O) groups is 1. The summed E-state index contributed by atoms with van der Waals surface area (Å²) in [6, 6.07) is 5.18. The molecule has 0 spiro atoms. The number of nitrogens with zero attached hydrogens (tertiary/aromatic N) is 2. The highest BCUT2D eigenvalue weighted by Crippen LogP contribution is 2.35. The van der Waals surface area contributed by atoms with Crippen molar-refractivity contribution >= 4 is 33.7 Å². The van der Waals surface area contributed by atoms with Crippen LogP contribution in [0.25, 0.3) is 0 Å². The summed E-state index contributed by atoms with van der Waals surface area (Å²) in [4.78, 5) is 20.8. The van der Waals surface area contributed by atoms with Gasteiger partial charge in [-0.05, 0) is 43.9 Å². The molecule has 0 atom stereocenters. The van der Waals surface area contributed by atoms with Crippen molar-refractivity contribution in [2.75, 3.05) is 0 Å². The Kier molecular flexibility index (Phi) is 4.26. The molecule has 21 heavy (non-hydrogen) atoms. The van der Waals surface area contributed by atoms with E-state index in [2.05, 4.69) is 25.9 Å². The van der Waals surface area contributed by atoms with Gasteiger partial charge in [-0.2, -0.15) is 0 Å². The maximum atomic E-state index is 11.4. The summed E-state index contributed by atoms with van der Waals surface area (Å²) in [6.07, 6.45) is 5.82. The van der Waals surface area contributed by atoms with Crippen molar-refractivity contribution in [2.45, 2.75) is 35.6 Å². The SMILES string of the molecule is O=C(O)c1ccc(Br)cc1Sc1ncnc2c1CCCC2. The van der Waals surface area contributed by atoms with Gasteiger partial charge in [-0.15, -0.1) is 0 Å². The van der Waals surface area contributed by atoms with Crippen LogP contribution < -0.4 is 0 Å². The van der Waals surface area contributed by atoms with E-state index in [1.807, 2.05) is 6.07 Å². The molecule has 1 heterocycles. The third-order valence-corrected chi connectivity index (χ3v) is 5.06. The van der Waals surface area contributed by atoms with Crippen molar-refractivity contribution in [1.82, 2.24) is 9.97 Å². The lowest BCUT2D eigenvalue weighted by Gasteiger charge is -2.17. The molecule has 0 radical (unpaired) electrons. The number of fused-ring (bicyclic) bond motifs is 1. The van der Waals surface area contributed by atoms with E-state index in [4.69, 9.17) is 0 Å². The fourth-order valence-corrected chi connectivity index (χ4v) is 4.06. The Morgan fingerprint density at radius 2 is 2.05 bits per heavy atom. The lowest BCUT2D eigenvalue weighted by Crippen LogP contribution is -2.08. The fraction of sp³-hybridized carbons (Fsp3) is 0.267. The van der Waals surface area contributed by atoms with E-state index in [0.717, 1.165) is 40.9 Å². The highest BCUT2D eigenvalue weighted by molar-refractivity contribution is 9.10. The van der Waals surface area contributed by atoms with E-state index >= 15 is 0 Å². The molecule has 1 N–H and O–H groups in total. The van der Waals surface area contributed by atoms with Gasteiger partial charge in [0.25, 0.3) is 0 Å². The van der Waals surface area contributed by atoms with Crippen molar-refractivity contribution in [2.24, 2.45) is 0 Å². The number of hydrogen-bond acceptors (Lipinski definition) is 4. The topological polar surface area (TPSA) is 63.1 Å². The predicted octanol–water partition coefficient (Wildman–Crippen LogP) is 3.97. The number of halogens is 1. The zero-order chi connectivity index (χ0) is 14.8. The van der Waals surface area contributed by atoms with Gasteiger partial charge in [-0.25, -0.2) is 14.8 Å². The average Bonchev–Trinajstić information content (AvgIpc) is 2.47. The molecule has 4 nitrogen and oxygen atoms in total. The molecule has 0 saturated carbocycles. The largest absolute Gasteiger partial charge is 0.478 e. The van der Waals surface area contributed by atoms with E-state index in [9.17, 15) is 9.90 Å². The maximum absolute atomic E-state index is 11.4. The zero-order valence-electron chi connectivity index (χ0n) is 11.2. The molecular formula is C15H13BrN2O2S. The van der Waals surface area contributed by atoms with Crippen molar-refractivity contribution in [3.05, 3.63) is 45.8 Å². The van der Waals surface area contributed by atoms with Crippen LogP contribution in [-0.2, 0) is 12.8 Å². The average molecular weight is 365 g/mol. The number of benzene rings is 1. The van der Waals surface area contributed by atoms with Gasteiger partial charge in [0, 0.05) is 20.6 Å². The number of hydrogen-bond donors (Lipinski definition) is 1. The van der Waals surface area contributed by atoms with E-state index in [1.54, 1.807) is 18.5 Å². The monoisotopic (exact) mass is 364 g/mol. The number of aromatic carboxylic acids is 1. The second-order valence-electron chi connectivity index (χ2n) is 4.86. The van der Waals surface area contributed by atoms with Gasteiger partial charge in [-0.1, -0.05) is 27.7 Å². The third kappa shape index (κ3) is 3.11. The first-order valence-corrected chi connectivity index (χ1v) is 8.29. The molecule has 0 bridgehead atoms. The molecule has 1 aliphatic rings. The Morgan fingerprint density at radius 1 is 1.24 bits per heavy atom.